The van der Waals surface area contributed by atoms with E-state index >= 15 is 4.39 Å². The molecule has 0 fully saturated rings. The lowest BCUT2D eigenvalue weighted by atomic mass is 9.87. The van der Waals surface area contributed by atoms with E-state index in [0.717, 1.165) is 11.6 Å². The Morgan fingerprint density at radius 1 is 1.18 bits per heavy atom. The van der Waals surface area contributed by atoms with Gasteiger partial charge in [-0.25, -0.2) is 13.5 Å². The van der Waals surface area contributed by atoms with Crippen molar-refractivity contribution in [2.24, 2.45) is 0 Å². The van der Waals surface area contributed by atoms with Gasteiger partial charge in [-0.05, 0) is 31.5 Å². The van der Waals surface area contributed by atoms with E-state index in [9.17, 15) is 14.0 Å². The number of hydrogen-bond donors (Lipinski definition) is 1. The Labute approximate surface area is 231 Å². The van der Waals surface area contributed by atoms with Gasteiger partial charge in [-0.3, -0.25) is 14.5 Å². The van der Waals surface area contributed by atoms with Crippen LogP contribution in [0.3, 0.4) is 0 Å². The zero-order chi connectivity index (χ0) is 28.3. The van der Waals surface area contributed by atoms with Gasteiger partial charge in [-0.2, -0.15) is 5.10 Å². The van der Waals surface area contributed by atoms with E-state index in [0.29, 0.717) is 42.3 Å². The third-order valence-electron chi connectivity index (χ3n) is 6.47. The predicted octanol–water partition coefficient (Wildman–Crippen LogP) is 5.08. The summed E-state index contributed by atoms with van der Waals surface area (Å²) < 4.78 is 35.8. The molecule has 1 aliphatic heterocycles. The van der Waals surface area contributed by atoms with Crippen LogP contribution in [-0.4, -0.2) is 54.2 Å². The third-order valence-corrected chi connectivity index (χ3v) is 7.71. The first-order valence-corrected chi connectivity index (χ1v) is 13.9. The van der Waals surface area contributed by atoms with Crippen molar-refractivity contribution in [2.45, 2.75) is 44.8 Å². The number of aryl methyl sites for hydroxylation is 1. The van der Waals surface area contributed by atoms with E-state index in [1.165, 1.54) is 28.8 Å². The normalized spacial score (nSPS) is 15.7. The summed E-state index contributed by atoms with van der Waals surface area (Å²) in [6, 6.07) is 11.2. The summed E-state index contributed by atoms with van der Waals surface area (Å²) in [5.74, 6) is -1.57. The van der Waals surface area contributed by atoms with Gasteiger partial charge >= 0.3 is 0 Å². The number of ether oxygens (including phenoxy) is 1. The number of fused-ring (bicyclic) bond motifs is 1. The SMILES string of the molecule is COCCCNC(=O)CN1C(=O)CSC(c2ccc(F)cc2F)c2c(C(C)(C)C)nn(-c3ccc(C)cc3)c21. The zero-order valence-electron chi connectivity index (χ0n) is 22.9. The summed E-state index contributed by atoms with van der Waals surface area (Å²) in [5, 5.41) is 7.17. The molecule has 0 saturated heterocycles. The van der Waals surface area contributed by atoms with Gasteiger partial charge in [0.05, 0.1) is 22.4 Å². The van der Waals surface area contributed by atoms with E-state index < -0.39 is 22.3 Å². The molecule has 1 N–H and O–H groups in total. The number of amides is 2. The average molecular weight is 557 g/mol. The molecule has 0 spiro atoms. The lowest BCUT2D eigenvalue weighted by molar-refractivity contribution is -0.122. The molecule has 0 radical (unpaired) electrons. The maximum Gasteiger partial charge on any atom is 0.240 e. The Kier molecular flexibility index (Phi) is 8.76. The highest BCUT2D eigenvalue weighted by molar-refractivity contribution is 8.00. The number of nitrogens with zero attached hydrogens (tertiary/aromatic N) is 3. The number of benzene rings is 2. The van der Waals surface area contributed by atoms with E-state index in [1.807, 2.05) is 52.0 Å². The maximum atomic E-state index is 15.2. The molecule has 0 bridgehead atoms. The highest BCUT2D eigenvalue weighted by atomic mass is 32.2. The molecule has 1 atom stereocenters. The maximum absolute atomic E-state index is 15.2. The van der Waals surface area contributed by atoms with Crippen molar-refractivity contribution in [1.82, 2.24) is 15.1 Å². The number of hydrogen-bond acceptors (Lipinski definition) is 5. The molecule has 39 heavy (non-hydrogen) atoms. The summed E-state index contributed by atoms with van der Waals surface area (Å²) >= 11 is 1.25. The topological polar surface area (TPSA) is 76.5 Å². The molecule has 7 nitrogen and oxygen atoms in total. The van der Waals surface area contributed by atoms with E-state index in [-0.39, 0.29) is 29.7 Å². The van der Waals surface area contributed by atoms with Crippen LogP contribution in [0.15, 0.2) is 42.5 Å². The van der Waals surface area contributed by atoms with Crippen LogP contribution in [-0.2, 0) is 19.7 Å². The Bertz CT molecular complexity index is 1350. The third kappa shape index (κ3) is 6.33. The summed E-state index contributed by atoms with van der Waals surface area (Å²) in [5.41, 5.74) is 2.83. The lowest BCUT2D eigenvalue weighted by Crippen LogP contribution is -2.42. The van der Waals surface area contributed by atoms with Crippen molar-refractivity contribution in [3.63, 3.8) is 0 Å². The van der Waals surface area contributed by atoms with Gasteiger partial charge in [-0.1, -0.05) is 44.5 Å². The van der Waals surface area contributed by atoms with Gasteiger partial charge in [0.15, 0.2) is 0 Å². The van der Waals surface area contributed by atoms with Gasteiger partial charge in [0.1, 0.15) is 24.0 Å². The summed E-state index contributed by atoms with van der Waals surface area (Å²) in [4.78, 5) is 28.1. The Hall–Kier alpha value is -3.24. The second-order valence-electron chi connectivity index (χ2n) is 10.6. The van der Waals surface area contributed by atoms with Crippen molar-refractivity contribution in [3.05, 3.63) is 76.5 Å². The van der Waals surface area contributed by atoms with Gasteiger partial charge < -0.3 is 10.1 Å². The second kappa shape index (κ2) is 11.9. The highest BCUT2D eigenvalue weighted by Crippen LogP contribution is 2.49. The number of rotatable bonds is 8. The van der Waals surface area contributed by atoms with E-state index in [2.05, 4.69) is 5.32 Å². The molecule has 1 aromatic heterocycles. The molecule has 2 heterocycles. The van der Waals surface area contributed by atoms with Crippen LogP contribution >= 0.6 is 11.8 Å². The van der Waals surface area contributed by atoms with Gasteiger partial charge in [0, 0.05) is 42.9 Å². The van der Waals surface area contributed by atoms with Crippen molar-refractivity contribution in [1.29, 1.82) is 0 Å². The van der Waals surface area contributed by atoms with Crippen LogP contribution in [0.2, 0.25) is 0 Å². The minimum Gasteiger partial charge on any atom is -0.385 e. The predicted molar refractivity (Wildman–Crippen MR) is 150 cm³/mol. The smallest absolute Gasteiger partial charge is 0.240 e. The molecule has 1 unspecified atom stereocenters. The molecule has 1 aliphatic rings. The molecule has 0 saturated carbocycles. The fourth-order valence-corrected chi connectivity index (χ4v) is 5.76. The standard InChI is InChI=1S/C29H34F2N4O3S/c1-18-7-10-20(11-8-18)35-28-25(27(33-35)29(2,3)4)26(21-12-9-19(30)15-22(21)31)39-17-24(37)34(28)16-23(36)32-13-6-14-38-5/h7-12,15,26H,6,13-14,16-17H2,1-5H3,(H,32,36). The Morgan fingerprint density at radius 2 is 1.90 bits per heavy atom. The van der Waals surface area contributed by atoms with Crippen LogP contribution in [0.1, 0.15) is 54.8 Å². The molecule has 0 aliphatic carbocycles. The second-order valence-corrected chi connectivity index (χ2v) is 11.7. The molecular formula is C29H34F2N4O3S. The highest BCUT2D eigenvalue weighted by Gasteiger charge is 2.40. The number of carbonyl (C=O) groups excluding carboxylic acids is 2. The molecule has 208 valence electrons. The molecule has 2 aromatic carbocycles. The first-order valence-electron chi connectivity index (χ1n) is 12.8. The number of thioether (sulfide) groups is 1. The van der Waals surface area contributed by atoms with E-state index in [1.54, 1.807) is 11.8 Å². The fourth-order valence-electron chi connectivity index (χ4n) is 4.54. The van der Waals surface area contributed by atoms with Crippen LogP contribution < -0.4 is 10.2 Å². The first-order chi connectivity index (χ1) is 18.5. The van der Waals surface area contributed by atoms with Crippen LogP contribution in [0, 0.1) is 18.6 Å². The number of halogens is 2. The summed E-state index contributed by atoms with van der Waals surface area (Å²) in [6.45, 7) is 8.65. The molecule has 10 heteroatoms. The van der Waals surface area contributed by atoms with Crippen LogP contribution in [0.4, 0.5) is 14.6 Å². The van der Waals surface area contributed by atoms with Gasteiger partial charge in [0.2, 0.25) is 11.8 Å². The first kappa shape index (κ1) is 28.8. The van der Waals surface area contributed by atoms with Crippen LogP contribution in [0.5, 0.6) is 0 Å². The zero-order valence-corrected chi connectivity index (χ0v) is 23.7. The van der Waals surface area contributed by atoms with Crippen molar-refractivity contribution < 1.29 is 23.1 Å². The van der Waals surface area contributed by atoms with E-state index in [4.69, 9.17) is 9.84 Å². The quantitative estimate of drug-likeness (QED) is 0.392. The largest absolute Gasteiger partial charge is 0.385 e. The number of aromatic nitrogens is 2. The number of methoxy groups -OCH3 is 1. The molecule has 3 aromatic rings. The minimum absolute atomic E-state index is 0.00456. The van der Waals surface area contributed by atoms with Crippen molar-refractivity contribution >= 4 is 29.4 Å². The monoisotopic (exact) mass is 556 g/mol. The number of anilines is 1. The summed E-state index contributed by atoms with van der Waals surface area (Å²) in [7, 11) is 1.59. The molecular weight excluding hydrogens is 522 g/mol. The van der Waals surface area contributed by atoms with Gasteiger partial charge in [-0.15, -0.1) is 11.8 Å². The fraction of sp³-hybridized carbons (Fsp3) is 0.414. The van der Waals surface area contributed by atoms with Crippen molar-refractivity contribution in [2.75, 3.05) is 37.5 Å². The molecule has 2 amide bonds. The molecule has 4 rings (SSSR count). The Balaban J connectivity index is 1.92. The summed E-state index contributed by atoms with van der Waals surface area (Å²) in [6.07, 6.45) is 0.638. The van der Waals surface area contributed by atoms with Crippen LogP contribution in [0.25, 0.3) is 5.69 Å². The number of nitrogens with one attached hydrogen (secondary N) is 1. The number of carbonyl (C=O) groups is 2. The van der Waals surface area contributed by atoms with Crippen molar-refractivity contribution in [3.8, 4) is 5.69 Å². The lowest BCUT2D eigenvalue weighted by Gasteiger charge is -2.24. The minimum atomic E-state index is -0.696. The Morgan fingerprint density at radius 3 is 2.54 bits per heavy atom. The van der Waals surface area contributed by atoms with Gasteiger partial charge in [0.25, 0.3) is 0 Å². The average Bonchev–Trinajstić information content (AvgIpc) is 3.21.